The molecule has 0 aromatic carbocycles. The van der Waals surface area contributed by atoms with E-state index in [0.29, 0.717) is 6.04 Å². The van der Waals surface area contributed by atoms with Crippen molar-refractivity contribution in [1.82, 2.24) is 10.3 Å². The zero-order valence-electron chi connectivity index (χ0n) is 12.6. The van der Waals surface area contributed by atoms with Crippen molar-refractivity contribution in [3.63, 3.8) is 0 Å². The Labute approximate surface area is 116 Å². The molecule has 1 aromatic heterocycles. The lowest BCUT2D eigenvalue weighted by atomic mass is 9.87. The summed E-state index contributed by atoms with van der Waals surface area (Å²) in [4.78, 5) is 4.55. The Morgan fingerprint density at radius 1 is 1.37 bits per heavy atom. The second kappa shape index (κ2) is 6.38. The number of methoxy groups -OCH3 is 1. The van der Waals surface area contributed by atoms with Crippen LogP contribution >= 0.6 is 0 Å². The maximum atomic E-state index is 5.46. The molecule has 3 heteroatoms. The quantitative estimate of drug-likeness (QED) is 0.903. The van der Waals surface area contributed by atoms with Gasteiger partial charge in [-0.25, -0.2) is 0 Å². The van der Waals surface area contributed by atoms with Crippen LogP contribution in [0.5, 0.6) is 5.75 Å². The fraction of sp³-hybridized carbons (Fsp3) is 0.688. The van der Waals surface area contributed by atoms with Crippen LogP contribution in [0, 0.1) is 19.8 Å². The average Bonchev–Trinajstić information content (AvgIpc) is 2.38. The van der Waals surface area contributed by atoms with Crippen LogP contribution < -0.4 is 10.1 Å². The van der Waals surface area contributed by atoms with Gasteiger partial charge in [0, 0.05) is 29.9 Å². The lowest BCUT2D eigenvalue weighted by Crippen LogP contribution is -2.33. The van der Waals surface area contributed by atoms with Gasteiger partial charge < -0.3 is 10.1 Å². The maximum Gasteiger partial charge on any atom is 0.128 e. The van der Waals surface area contributed by atoms with Gasteiger partial charge in [-0.1, -0.05) is 19.8 Å². The summed E-state index contributed by atoms with van der Waals surface area (Å²) in [6, 6.07) is 0.650. The van der Waals surface area contributed by atoms with Crippen molar-refractivity contribution in [2.75, 3.05) is 7.11 Å². The molecule has 1 aliphatic rings. The number of nitrogens with zero attached hydrogens (tertiary/aromatic N) is 1. The van der Waals surface area contributed by atoms with Crippen molar-refractivity contribution in [2.24, 2.45) is 5.92 Å². The zero-order chi connectivity index (χ0) is 13.8. The van der Waals surface area contributed by atoms with Crippen molar-refractivity contribution in [3.8, 4) is 5.75 Å². The van der Waals surface area contributed by atoms with E-state index < -0.39 is 0 Å². The molecule has 0 spiro atoms. The Balaban J connectivity index is 1.99. The third-order valence-corrected chi connectivity index (χ3v) is 4.24. The molecule has 3 nitrogen and oxygen atoms in total. The molecule has 0 radical (unpaired) electrons. The van der Waals surface area contributed by atoms with E-state index >= 15 is 0 Å². The fourth-order valence-corrected chi connectivity index (χ4v) is 3.11. The van der Waals surface area contributed by atoms with Crippen LogP contribution in [0.25, 0.3) is 0 Å². The molecule has 1 saturated carbocycles. The summed E-state index contributed by atoms with van der Waals surface area (Å²) in [5.41, 5.74) is 3.38. The SMILES string of the molecule is COc1c(C)cnc(CNC2CCCC(C)C2)c1C. The minimum absolute atomic E-state index is 0.650. The van der Waals surface area contributed by atoms with Crippen LogP contribution in [0.1, 0.15) is 49.4 Å². The monoisotopic (exact) mass is 262 g/mol. The zero-order valence-corrected chi connectivity index (χ0v) is 12.6. The number of aromatic nitrogens is 1. The van der Waals surface area contributed by atoms with Gasteiger partial charge in [0.15, 0.2) is 0 Å². The van der Waals surface area contributed by atoms with Gasteiger partial charge in [-0.15, -0.1) is 0 Å². The third-order valence-electron chi connectivity index (χ3n) is 4.24. The van der Waals surface area contributed by atoms with E-state index in [2.05, 4.69) is 24.1 Å². The van der Waals surface area contributed by atoms with E-state index in [9.17, 15) is 0 Å². The van der Waals surface area contributed by atoms with E-state index in [0.717, 1.165) is 29.5 Å². The maximum absolute atomic E-state index is 5.46. The molecule has 2 unspecified atom stereocenters. The predicted molar refractivity (Wildman–Crippen MR) is 78.5 cm³/mol. The Morgan fingerprint density at radius 3 is 2.84 bits per heavy atom. The summed E-state index contributed by atoms with van der Waals surface area (Å²) in [7, 11) is 1.73. The minimum Gasteiger partial charge on any atom is -0.496 e. The van der Waals surface area contributed by atoms with Gasteiger partial charge >= 0.3 is 0 Å². The molecule has 1 fully saturated rings. The lowest BCUT2D eigenvalue weighted by Gasteiger charge is -2.27. The van der Waals surface area contributed by atoms with Gasteiger partial charge in [-0.05, 0) is 32.6 Å². The molecule has 2 rings (SSSR count). The van der Waals surface area contributed by atoms with Crippen LogP contribution in [0.3, 0.4) is 0 Å². The average molecular weight is 262 g/mol. The third kappa shape index (κ3) is 3.47. The smallest absolute Gasteiger partial charge is 0.128 e. The van der Waals surface area contributed by atoms with Gasteiger partial charge in [0.05, 0.1) is 12.8 Å². The number of nitrogens with one attached hydrogen (secondary N) is 1. The molecular formula is C16H26N2O. The minimum atomic E-state index is 0.650. The highest BCUT2D eigenvalue weighted by Gasteiger charge is 2.19. The van der Waals surface area contributed by atoms with E-state index in [4.69, 9.17) is 4.74 Å². The van der Waals surface area contributed by atoms with E-state index in [1.165, 1.54) is 31.2 Å². The summed E-state index contributed by atoms with van der Waals surface area (Å²) < 4.78 is 5.46. The Hall–Kier alpha value is -1.09. The van der Waals surface area contributed by atoms with Gasteiger partial charge in [0.25, 0.3) is 0 Å². The first-order chi connectivity index (χ1) is 9.11. The number of aryl methyl sites for hydroxylation is 1. The molecule has 1 aliphatic carbocycles. The summed E-state index contributed by atoms with van der Waals surface area (Å²) >= 11 is 0. The van der Waals surface area contributed by atoms with E-state index in [1.807, 2.05) is 13.1 Å². The highest BCUT2D eigenvalue weighted by molar-refractivity contribution is 5.40. The fourth-order valence-electron chi connectivity index (χ4n) is 3.11. The number of hydrogen-bond acceptors (Lipinski definition) is 3. The lowest BCUT2D eigenvalue weighted by molar-refractivity contribution is 0.299. The van der Waals surface area contributed by atoms with Crippen molar-refractivity contribution in [2.45, 2.75) is 59.0 Å². The highest BCUT2D eigenvalue weighted by Crippen LogP contribution is 2.26. The first kappa shape index (κ1) is 14.3. The van der Waals surface area contributed by atoms with Crippen LogP contribution in [-0.4, -0.2) is 18.1 Å². The molecule has 1 heterocycles. The Morgan fingerprint density at radius 2 is 2.16 bits per heavy atom. The van der Waals surface area contributed by atoms with Gasteiger partial charge in [-0.3, -0.25) is 4.98 Å². The van der Waals surface area contributed by atoms with Gasteiger partial charge in [0.2, 0.25) is 0 Å². The molecule has 0 bridgehead atoms. The van der Waals surface area contributed by atoms with Gasteiger partial charge in [-0.2, -0.15) is 0 Å². The summed E-state index contributed by atoms with van der Waals surface area (Å²) in [5.74, 6) is 1.83. The molecule has 0 amide bonds. The largest absolute Gasteiger partial charge is 0.496 e. The predicted octanol–water partition coefficient (Wildman–Crippen LogP) is 3.38. The van der Waals surface area contributed by atoms with Crippen molar-refractivity contribution in [1.29, 1.82) is 0 Å². The molecule has 2 atom stereocenters. The molecule has 1 aromatic rings. The van der Waals surface area contributed by atoms with Crippen LogP contribution in [0.4, 0.5) is 0 Å². The Kier molecular flexibility index (Phi) is 4.81. The normalized spacial score (nSPS) is 23.4. The highest BCUT2D eigenvalue weighted by atomic mass is 16.5. The molecule has 0 saturated heterocycles. The molecule has 1 N–H and O–H groups in total. The molecular weight excluding hydrogens is 236 g/mol. The summed E-state index contributed by atoms with van der Waals surface area (Å²) in [6.45, 7) is 7.34. The first-order valence-electron chi connectivity index (χ1n) is 7.34. The molecule has 19 heavy (non-hydrogen) atoms. The number of pyridine rings is 1. The van der Waals surface area contributed by atoms with Crippen molar-refractivity contribution in [3.05, 3.63) is 23.0 Å². The topological polar surface area (TPSA) is 34.1 Å². The molecule has 0 aliphatic heterocycles. The standard InChI is InChI=1S/C16H26N2O/c1-11-6-5-7-14(8-11)17-10-15-13(3)16(19-4)12(2)9-18-15/h9,11,14,17H,5-8,10H2,1-4H3. The van der Waals surface area contributed by atoms with Gasteiger partial charge in [0.1, 0.15) is 5.75 Å². The van der Waals surface area contributed by atoms with E-state index in [1.54, 1.807) is 7.11 Å². The first-order valence-corrected chi connectivity index (χ1v) is 7.34. The molecule has 106 valence electrons. The summed E-state index contributed by atoms with van der Waals surface area (Å²) in [6.07, 6.45) is 7.23. The number of ether oxygens (including phenoxy) is 1. The van der Waals surface area contributed by atoms with Crippen LogP contribution in [0.15, 0.2) is 6.20 Å². The number of hydrogen-bond donors (Lipinski definition) is 1. The van der Waals surface area contributed by atoms with Crippen molar-refractivity contribution >= 4 is 0 Å². The second-order valence-corrected chi connectivity index (χ2v) is 5.90. The van der Waals surface area contributed by atoms with Crippen molar-refractivity contribution < 1.29 is 4.74 Å². The Bertz CT molecular complexity index is 431. The number of rotatable bonds is 4. The second-order valence-electron chi connectivity index (χ2n) is 5.90. The van der Waals surface area contributed by atoms with E-state index in [-0.39, 0.29) is 0 Å². The van der Waals surface area contributed by atoms with Crippen LogP contribution in [0.2, 0.25) is 0 Å². The van der Waals surface area contributed by atoms with Crippen LogP contribution in [-0.2, 0) is 6.54 Å². The summed E-state index contributed by atoms with van der Waals surface area (Å²) in [5, 5.41) is 3.66.